The fourth-order valence-electron chi connectivity index (χ4n) is 1.47. The number of halogens is 1. The van der Waals surface area contributed by atoms with Crippen molar-refractivity contribution in [3.63, 3.8) is 0 Å². The molecule has 2 atom stereocenters. The second kappa shape index (κ2) is 7.39. The molecule has 0 fully saturated rings. The van der Waals surface area contributed by atoms with Gasteiger partial charge in [0.25, 0.3) is 0 Å². The average molecular weight is 285 g/mol. The SMILES string of the molecule is CC(C)OC(=O)C(C)C(C)COc1ccc(Cl)cc1. The molecular formula is C15H21ClO3. The Labute approximate surface area is 119 Å². The quantitative estimate of drug-likeness (QED) is 0.742. The molecule has 0 saturated carbocycles. The van der Waals surface area contributed by atoms with Crippen LogP contribution < -0.4 is 4.74 Å². The molecule has 1 rings (SSSR count). The van der Waals surface area contributed by atoms with Gasteiger partial charge in [-0.25, -0.2) is 0 Å². The van der Waals surface area contributed by atoms with Gasteiger partial charge in [0, 0.05) is 10.9 Å². The lowest BCUT2D eigenvalue weighted by atomic mass is 9.97. The smallest absolute Gasteiger partial charge is 0.309 e. The molecule has 19 heavy (non-hydrogen) atoms. The second-order valence-electron chi connectivity index (χ2n) is 5.02. The number of hydrogen-bond donors (Lipinski definition) is 0. The highest BCUT2D eigenvalue weighted by Crippen LogP contribution is 2.19. The standard InChI is InChI=1S/C15H21ClO3/c1-10(2)19-15(17)12(4)11(3)9-18-14-7-5-13(16)6-8-14/h5-8,10-12H,9H2,1-4H3. The first-order chi connectivity index (χ1) is 8.90. The van der Waals surface area contributed by atoms with Gasteiger partial charge in [-0.3, -0.25) is 4.79 Å². The molecule has 0 aliphatic rings. The van der Waals surface area contributed by atoms with E-state index in [4.69, 9.17) is 21.1 Å². The van der Waals surface area contributed by atoms with Crippen molar-refractivity contribution in [1.82, 2.24) is 0 Å². The number of carbonyl (C=O) groups excluding carboxylic acids is 1. The maximum atomic E-state index is 11.8. The third-order valence-corrected chi connectivity index (χ3v) is 3.16. The summed E-state index contributed by atoms with van der Waals surface area (Å²) in [7, 11) is 0. The molecule has 4 heteroatoms. The van der Waals surface area contributed by atoms with Gasteiger partial charge in [0.2, 0.25) is 0 Å². The predicted molar refractivity (Wildman–Crippen MR) is 76.5 cm³/mol. The zero-order valence-electron chi connectivity index (χ0n) is 11.9. The van der Waals surface area contributed by atoms with E-state index in [9.17, 15) is 4.79 Å². The van der Waals surface area contributed by atoms with Gasteiger partial charge in [-0.2, -0.15) is 0 Å². The van der Waals surface area contributed by atoms with Crippen LogP contribution in [-0.2, 0) is 9.53 Å². The summed E-state index contributed by atoms with van der Waals surface area (Å²) in [5.41, 5.74) is 0. The molecule has 106 valence electrons. The Hall–Kier alpha value is -1.22. The van der Waals surface area contributed by atoms with Crippen molar-refractivity contribution in [3.8, 4) is 5.75 Å². The summed E-state index contributed by atoms with van der Waals surface area (Å²) in [6.07, 6.45) is -0.0840. The van der Waals surface area contributed by atoms with E-state index in [-0.39, 0.29) is 23.9 Å². The summed E-state index contributed by atoms with van der Waals surface area (Å²) in [5.74, 6) is 0.472. The van der Waals surface area contributed by atoms with E-state index in [1.54, 1.807) is 12.1 Å². The monoisotopic (exact) mass is 284 g/mol. The first-order valence-corrected chi connectivity index (χ1v) is 6.86. The summed E-state index contributed by atoms with van der Waals surface area (Å²) in [6, 6.07) is 7.17. The molecule has 1 aromatic rings. The molecule has 3 nitrogen and oxygen atoms in total. The normalized spacial score (nSPS) is 14.0. The molecule has 1 aromatic carbocycles. The van der Waals surface area contributed by atoms with E-state index >= 15 is 0 Å². The number of carbonyl (C=O) groups is 1. The minimum atomic E-state index is -0.185. The van der Waals surface area contributed by atoms with E-state index in [1.807, 2.05) is 39.8 Å². The van der Waals surface area contributed by atoms with Crippen LogP contribution in [-0.4, -0.2) is 18.7 Å². The Kier molecular flexibility index (Phi) is 6.16. The van der Waals surface area contributed by atoms with E-state index in [0.29, 0.717) is 11.6 Å². The van der Waals surface area contributed by atoms with Crippen molar-refractivity contribution in [2.24, 2.45) is 11.8 Å². The molecule has 0 heterocycles. The van der Waals surface area contributed by atoms with Gasteiger partial charge in [-0.05, 0) is 38.1 Å². The first kappa shape index (κ1) is 15.8. The van der Waals surface area contributed by atoms with Crippen molar-refractivity contribution >= 4 is 17.6 Å². The molecule has 0 bridgehead atoms. The van der Waals surface area contributed by atoms with E-state index in [1.165, 1.54) is 0 Å². The topological polar surface area (TPSA) is 35.5 Å². The number of rotatable bonds is 6. The summed E-state index contributed by atoms with van der Waals surface area (Å²) in [4.78, 5) is 11.8. The fourth-order valence-corrected chi connectivity index (χ4v) is 1.60. The molecule has 0 N–H and O–H groups in total. The van der Waals surface area contributed by atoms with Crippen LogP contribution in [0.2, 0.25) is 5.02 Å². The van der Waals surface area contributed by atoms with Crippen LogP contribution in [0.25, 0.3) is 0 Å². The Bertz CT molecular complexity index is 400. The van der Waals surface area contributed by atoms with Crippen LogP contribution in [0.5, 0.6) is 5.75 Å². The largest absolute Gasteiger partial charge is 0.493 e. The molecule has 0 saturated heterocycles. The molecule has 0 spiro atoms. The van der Waals surface area contributed by atoms with Gasteiger partial charge in [0.1, 0.15) is 5.75 Å². The summed E-state index contributed by atoms with van der Waals surface area (Å²) in [6.45, 7) is 8.00. The third-order valence-electron chi connectivity index (χ3n) is 2.90. The van der Waals surface area contributed by atoms with Gasteiger partial charge in [-0.1, -0.05) is 25.4 Å². The molecule has 0 radical (unpaired) electrons. The van der Waals surface area contributed by atoms with Gasteiger partial charge >= 0.3 is 5.97 Å². The highest BCUT2D eigenvalue weighted by Gasteiger charge is 2.23. The van der Waals surface area contributed by atoms with E-state index < -0.39 is 0 Å². The van der Waals surface area contributed by atoms with Crippen molar-refractivity contribution in [3.05, 3.63) is 29.3 Å². The molecule has 0 aromatic heterocycles. The maximum absolute atomic E-state index is 11.8. The van der Waals surface area contributed by atoms with Crippen LogP contribution in [0.15, 0.2) is 24.3 Å². The minimum Gasteiger partial charge on any atom is -0.493 e. The number of ether oxygens (including phenoxy) is 2. The van der Waals surface area contributed by atoms with Crippen molar-refractivity contribution in [2.45, 2.75) is 33.8 Å². The van der Waals surface area contributed by atoms with Crippen LogP contribution in [0, 0.1) is 11.8 Å². The number of hydrogen-bond acceptors (Lipinski definition) is 3. The lowest BCUT2D eigenvalue weighted by Crippen LogP contribution is -2.27. The first-order valence-electron chi connectivity index (χ1n) is 6.49. The van der Waals surface area contributed by atoms with E-state index in [0.717, 1.165) is 5.75 Å². The van der Waals surface area contributed by atoms with Crippen LogP contribution in [0.3, 0.4) is 0 Å². The zero-order chi connectivity index (χ0) is 14.4. The summed E-state index contributed by atoms with van der Waals surface area (Å²) in [5, 5.41) is 0.675. The van der Waals surface area contributed by atoms with Crippen molar-refractivity contribution < 1.29 is 14.3 Å². The van der Waals surface area contributed by atoms with Crippen LogP contribution >= 0.6 is 11.6 Å². The highest BCUT2D eigenvalue weighted by atomic mass is 35.5. The number of benzene rings is 1. The highest BCUT2D eigenvalue weighted by molar-refractivity contribution is 6.30. The van der Waals surface area contributed by atoms with Crippen LogP contribution in [0.4, 0.5) is 0 Å². The predicted octanol–water partition coefficient (Wildman–Crippen LogP) is 3.94. The fraction of sp³-hybridized carbons (Fsp3) is 0.533. The zero-order valence-corrected chi connectivity index (χ0v) is 12.6. The maximum Gasteiger partial charge on any atom is 0.309 e. The van der Waals surface area contributed by atoms with Gasteiger partial charge in [-0.15, -0.1) is 0 Å². The lowest BCUT2D eigenvalue weighted by molar-refractivity contribution is -0.153. The van der Waals surface area contributed by atoms with Crippen molar-refractivity contribution in [2.75, 3.05) is 6.61 Å². The minimum absolute atomic E-state index is 0.0840. The van der Waals surface area contributed by atoms with Crippen molar-refractivity contribution in [1.29, 1.82) is 0 Å². The molecule has 0 aliphatic carbocycles. The molecule has 0 amide bonds. The average Bonchev–Trinajstić information content (AvgIpc) is 2.36. The second-order valence-corrected chi connectivity index (χ2v) is 5.45. The van der Waals surface area contributed by atoms with Gasteiger partial charge < -0.3 is 9.47 Å². The molecular weight excluding hydrogens is 264 g/mol. The number of esters is 1. The molecule has 2 unspecified atom stereocenters. The van der Waals surface area contributed by atoms with Crippen LogP contribution in [0.1, 0.15) is 27.7 Å². The lowest BCUT2D eigenvalue weighted by Gasteiger charge is -2.20. The van der Waals surface area contributed by atoms with Gasteiger partial charge in [0.15, 0.2) is 0 Å². The van der Waals surface area contributed by atoms with E-state index in [2.05, 4.69) is 0 Å². The summed E-state index contributed by atoms with van der Waals surface area (Å²) < 4.78 is 10.8. The Morgan fingerprint density at radius 1 is 1.16 bits per heavy atom. The Balaban J connectivity index is 2.44. The van der Waals surface area contributed by atoms with Gasteiger partial charge in [0.05, 0.1) is 18.6 Å². The third kappa shape index (κ3) is 5.52. The Morgan fingerprint density at radius 3 is 2.26 bits per heavy atom. The summed E-state index contributed by atoms with van der Waals surface area (Å²) >= 11 is 5.80. The molecule has 0 aliphatic heterocycles. The Morgan fingerprint density at radius 2 is 1.74 bits per heavy atom.